The summed E-state index contributed by atoms with van der Waals surface area (Å²) in [5.74, 6) is -0.0106. The van der Waals surface area contributed by atoms with Gasteiger partial charge in [0.1, 0.15) is 5.82 Å². The van der Waals surface area contributed by atoms with E-state index in [1.54, 1.807) is 18.2 Å². The maximum absolute atomic E-state index is 12.0. The van der Waals surface area contributed by atoms with E-state index in [0.717, 1.165) is 0 Å². The summed E-state index contributed by atoms with van der Waals surface area (Å²) in [6, 6.07) is 7.05. The fraction of sp³-hybridized carbons (Fsp3) is 0.385. The molecular weight excluding hydrogens is 246 g/mol. The fourth-order valence-corrected chi connectivity index (χ4v) is 2.43. The van der Waals surface area contributed by atoms with E-state index in [1.807, 2.05) is 6.07 Å². The largest absolute Gasteiger partial charge is 0.390 e. The molecule has 4 N–H and O–H groups in total. The standard InChI is InChI=1S/C13H15N3O3/c17-10-6-14-5-8(11(10)18)12-15-9-4-2-1-3-7(9)13(19)16-12/h1-4,8,10-11,14,17-18H,5-6H2,(H,15,16,19)/t8-,10+,11+/m1/s1. The first kappa shape index (κ1) is 12.3. The van der Waals surface area contributed by atoms with Gasteiger partial charge in [0, 0.05) is 13.1 Å². The van der Waals surface area contributed by atoms with Crippen LogP contribution in [0, 0.1) is 0 Å². The topological polar surface area (TPSA) is 98.2 Å². The Hall–Kier alpha value is -1.76. The highest BCUT2D eigenvalue weighted by atomic mass is 16.3. The predicted molar refractivity (Wildman–Crippen MR) is 70.0 cm³/mol. The van der Waals surface area contributed by atoms with Gasteiger partial charge in [0.25, 0.3) is 5.56 Å². The van der Waals surface area contributed by atoms with Gasteiger partial charge in [-0.25, -0.2) is 4.98 Å². The van der Waals surface area contributed by atoms with Gasteiger partial charge in [-0.05, 0) is 12.1 Å². The number of hydrogen-bond donors (Lipinski definition) is 4. The maximum atomic E-state index is 12.0. The van der Waals surface area contributed by atoms with Crippen LogP contribution in [0.15, 0.2) is 29.1 Å². The van der Waals surface area contributed by atoms with Crippen LogP contribution >= 0.6 is 0 Å². The molecule has 1 aliphatic heterocycles. The van der Waals surface area contributed by atoms with Crippen LogP contribution in [0.5, 0.6) is 0 Å². The van der Waals surface area contributed by atoms with Gasteiger partial charge >= 0.3 is 0 Å². The summed E-state index contributed by atoms with van der Waals surface area (Å²) < 4.78 is 0. The minimum absolute atomic E-state index is 0.229. The number of hydrogen-bond acceptors (Lipinski definition) is 5. The zero-order valence-corrected chi connectivity index (χ0v) is 10.2. The van der Waals surface area contributed by atoms with E-state index in [1.165, 1.54) is 0 Å². The number of rotatable bonds is 1. The molecule has 2 aromatic rings. The van der Waals surface area contributed by atoms with Crippen LogP contribution in [0.1, 0.15) is 11.7 Å². The molecule has 3 atom stereocenters. The predicted octanol–water partition coefficient (Wildman–Crippen LogP) is -0.668. The van der Waals surface area contributed by atoms with E-state index in [9.17, 15) is 15.0 Å². The van der Waals surface area contributed by atoms with Crippen LogP contribution in [-0.4, -0.2) is 45.5 Å². The lowest BCUT2D eigenvalue weighted by atomic mass is 9.93. The second-order valence-electron chi connectivity index (χ2n) is 4.79. The van der Waals surface area contributed by atoms with E-state index in [4.69, 9.17) is 0 Å². The average molecular weight is 261 g/mol. The molecule has 0 unspecified atom stereocenters. The number of benzene rings is 1. The Balaban J connectivity index is 2.08. The Morgan fingerprint density at radius 2 is 2.00 bits per heavy atom. The summed E-state index contributed by atoms with van der Waals surface area (Å²) in [7, 11) is 0. The molecule has 0 aliphatic carbocycles. The van der Waals surface area contributed by atoms with E-state index < -0.39 is 18.1 Å². The van der Waals surface area contributed by atoms with Crippen LogP contribution in [0.25, 0.3) is 10.9 Å². The molecule has 2 heterocycles. The molecule has 100 valence electrons. The van der Waals surface area contributed by atoms with Crippen molar-refractivity contribution in [3.63, 3.8) is 0 Å². The number of nitrogens with one attached hydrogen (secondary N) is 2. The zero-order chi connectivity index (χ0) is 13.4. The molecule has 1 aromatic heterocycles. The highest BCUT2D eigenvalue weighted by molar-refractivity contribution is 5.77. The number of piperidine rings is 1. The molecule has 6 nitrogen and oxygen atoms in total. The molecule has 1 fully saturated rings. The van der Waals surface area contributed by atoms with Crippen LogP contribution in [-0.2, 0) is 0 Å². The van der Waals surface area contributed by atoms with E-state index in [2.05, 4.69) is 15.3 Å². The average Bonchev–Trinajstić information content (AvgIpc) is 2.42. The Morgan fingerprint density at radius 3 is 2.84 bits per heavy atom. The lowest BCUT2D eigenvalue weighted by molar-refractivity contribution is -0.0151. The van der Waals surface area contributed by atoms with Gasteiger partial charge in [-0.15, -0.1) is 0 Å². The van der Waals surface area contributed by atoms with Crippen molar-refractivity contribution in [3.05, 3.63) is 40.4 Å². The minimum atomic E-state index is -0.925. The van der Waals surface area contributed by atoms with Crippen LogP contribution < -0.4 is 10.9 Å². The van der Waals surface area contributed by atoms with Crippen LogP contribution in [0.2, 0.25) is 0 Å². The molecule has 1 aliphatic rings. The summed E-state index contributed by atoms with van der Waals surface area (Å²) >= 11 is 0. The summed E-state index contributed by atoms with van der Waals surface area (Å²) in [6.07, 6.45) is -1.78. The third-order valence-electron chi connectivity index (χ3n) is 3.51. The first-order valence-electron chi connectivity index (χ1n) is 6.22. The molecule has 0 amide bonds. The van der Waals surface area contributed by atoms with Gasteiger partial charge in [-0.2, -0.15) is 0 Å². The highest BCUT2D eigenvalue weighted by Crippen LogP contribution is 2.21. The monoisotopic (exact) mass is 261 g/mol. The van der Waals surface area contributed by atoms with E-state index in [-0.39, 0.29) is 5.56 Å². The molecule has 0 saturated carbocycles. The van der Waals surface area contributed by atoms with Crippen molar-refractivity contribution in [2.24, 2.45) is 0 Å². The molecular formula is C13H15N3O3. The van der Waals surface area contributed by atoms with Gasteiger partial charge in [0.05, 0.1) is 29.0 Å². The smallest absolute Gasteiger partial charge is 0.258 e. The Morgan fingerprint density at radius 1 is 1.21 bits per heavy atom. The summed E-state index contributed by atoms with van der Waals surface area (Å²) in [6.45, 7) is 0.814. The SMILES string of the molecule is O=c1[nH]c([C@@H]2CNC[C@H](O)[C@H]2O)nc2ccccc12. The lowest BCUT2D eigenvalue weighted by Gasteiger charge is -2.31. The number of aromatic amines is 1. The number of fused-ring (bicyclic) bond motifs is 1. The second kappa shape index (κ2) is 4.73. The van der Waals surface area contributed by atoms with Gasteiger partial charge in [-0.1, -0.05) is 12.1 Å². The van der Waals surface area contributed by atoms with Crippen molar-refractivity contribution >= 4 is 10.9 Å². The van der Waals surface area contributed by atoms with Crippen molar-refractivity contribution in [3.8, 4) is 0 Å². The molecule has 0 radical (unpaired) electrons. The first-order chi connectivity index (χ1) is 9.16. The minimum Gasteiger partial charge on any atom is -0.390 e. The third kappa shape index (κ3) is 2.14. The molecule has 3 rings (SSSR count). The van der Waals surface area contributed by atoms with Crippen molar-refractivity contribution < 1.29 is 10.2 Å². The number of aromatic nitrogens is 2. The van der Waals surface area contributed by atoms with Crippen LogP contribution in [0.3, 0.4) is 0 Å². The molecule has 6 heteroatoms. The van der Waals surface area contributed by atoms with Crippen molar-refractivity contribution in [1.82, 2.24) is 15.3 Å². The fourth-order valence-electron chi connectivity index (χ4n) is 2.43. The number of aliphatic hydroxyl groups is 2. The quantitative estimate of drug-likeness (QED) is 0.546. The maximum Gasteiger partial charge on any atom is 0.258 e. The van der Waals surface area contributed by atoms with Crippen molar-refractivity contribution in [2.45, 2.75) is 18.1 Å². The normalized spacial score (nSPS) is 27.6. The Kier molecular flexibility index (Phi) is 3.06. The molecule has 0 bridgehead atoms. The van der Waals surface area contributed by atoms with E-state index in [0.29, 0.717) is 29.8 Å². The summed E-state index contributed by atoms with van der Waals surface area (Å²) in [4.78, 5) is 19.0. The second-order valence-corrected chi connectivity index (χ2v) is 4.79. The molecule has 1 saturated heterocycles. The number of para-hydroxylation sites is 1. The number of nitrogens with zero attached hydrogens (tertiary/aromatic N) is 1. The molecule has 1 aromatic carbocycles. The third-order valence-corrected chi connectivity index (χ3v) is 3.51. The Bertz CT molecular complexity index is 655. The van der Waals surface area contributed by atoms with Gasteiger partial charge in [0.2, 0.25) is 0 Å². The highest BCUT2D eigenvalue weighted by Gasteiger charge is 2.33. The summed E-state index contributed by atoms with van der Waals surface area (Å²) in [5.41, 5.74) is 0.362. The van der Waals surface area contributed by atoms with E-state index >= 15 is 0 Å². The molecule has 0 spiro atoms. The van der Waals surface area contributed by atoms with Gasteiger partial charge < -0.3 is 20.5 Å². The Labute approximate surface area is 109 Å². The lowest BCUT2D eigenvalue weighted by Crippen LogP contribution is -2.49. The van der Waals surface area contributed by atoms with Gasteiger partial charge in [0.15, 0.2) is 0 Å². The molecule has 19 heavy (non-hydrogen) atoms. The first-order valence-corrected chi connectivity index (χ1v) is 6.22. The van der Waals surface area contributed by atoms with Crippen LogP contribution in [0.4, 0.5) is 0 Å². The van der Waals surface area contributed by atoms with Crippen molar-refractivity contribution in [2.75, 3.05) is 13.1 Å². The van der Waals surface area contributed by atoms with Gasteiger partial charge in [-0.3, -0.25) is 4.79 Å². The number of H-pyrrole nitrogens is 1. The number of aliphatic hydroxyl groups excluding tert-OH is 2. The van der Waals surface area contributed by atoms with Crippen molar-refractivity contribution in [1.29, 1.82) is 0 Å². The number of β-amino-alcohol motifs (C(OH)–C–C–N with tert-alkyl or cyclic N) is 1. The summed E-state index contributed by atoms with van der Waals surface area (Å²) in [5, 5.41) is 23.2. The zero-order valence-electron chi connectivity index (χ0n) is 10.2.